The molecular weight excluding hydrogens is 168 g/mol. The number of allylic oxidation sites excluding steroid dienone is 1. The first kappa shape index (κ1) is 9.44. The van der Waals surface area contributed by atoms with Crippen LogP contribution in [0.1, 0.15) is 12.6 Å². The van der Waals surface area contributed by atoms with Crippen molar-refractivity contribution in [3.63, 3.8) is 0 Å². The Labute approximate surface area is 76.4 Å². The fourth-order valence-electron chi connectivity index (χ4n) is 0.864. The van der Waals surface area contributed by atoms with E-state index in [1.165, 1.54) is 6.08 Å². The van der Waals surface area contributed by atoms with Crippen LogP contribution >= 0.6 is 0 Å². The van der Waals surface area contributed by atoms with Crippen LogP contribution in [-0.2, 0) is 18.4 Å². The van der Waals surface area contributed by atoms with Gasteiger partial charge < -0.3 is 5.32 Å². The summed E-state index contributed by atoms with van der Waals surface area (Å²) in [4.78, 5) is 11.0. The molecule has 0 unspecified atom stereocenters. The predicted molar refractivity (Wildman–Crippen MR) is 47.7 cm³/mol. The largest absolute Gasteiger partial charge is 0.347 e. The smallest absolute Gasteiger partial charge is 0.243 e. The van der Waals surface area contributed by atoms with Crippen LogP contribution < -0.4 is 5.32 Å². The first-order chi connectivity index (χ1) is 6.22. The van der Waals surface area contributed by atoms with Crippen LogP contribution in [0.25, 0.3) is 0 Å². The highest BCUT2D eigenvalue weighted by atomic mass is 16.1. The van der Waals surface area contributed by atoms with Crippen LogP contribution in [0.15, 0.2) is 18.3 Å². The summed E-state index contributed by atoms with van der Waals surface area (Å²) >= 11 is 0. The van der Waals surface area contributed by atoms with Gasteiger partial charge in [-0.25, -0.2) is 0 Å². The molecule has 0 aromatic carbocycles. The molecular formula is C8H12N4O. The highest BCUT2D eigenvalue weighted by Crippen LogP contribution is 1.89. The van der Waals surface area contributed by atoms with Gasteiger partial charge in [-0.2, -0.15) is 0 Å². The molecule has 0 radical (unpaired) electrons. The lowest BCUT2D eigenvalue weighted by Gasteiger charge is -1.96. The minimum atomic E-state index is -0.117. The molecule has 0 saturated heterocycles. The Morgan fingerprint density at radius 3 is 3.08 bits per heavy atom. The summed E-state index contributed by atoms with van der Waals surface area (Å²) in [7, 11) is 1.78. The number of rotatable bonds is 3. The molecule has 0 aliphatic rings. The Morgan fingerprint density at radius 2 is 2.54 bits per heavy atom. The molecule has 5 nitrogen and oxygen atoms in total. The molecule has 0 aliphatic heterocycles. The summed E-state index contributed by atoms with van der Waals surface area (Å²) in [6.45, 7) is 2.21. The molecule has 1 amide bonds. The standard InChI is InChI=1S/C8H12N4O/c1-3-4-8(13)9-5-7-6-12(2)11-10-7/h3-4,6H,5H2,1-2H3,(H,9,13)/b4-3+. The number of carbonyl (C=O) groups is 1. The Kier molecular flexibility index (Phi) is 3.19. The maximum atomic E-state index is 11.0. The lowest BCUT2D eigenvalue weighted by atomic mass is 10.4. The normalized spacial score (nSPS) is 10.6. The summed E-state index contributed by atoms with van der Waals surface area (Å²) in [5.74, 6) is -0.117. The minimum absolute atomic E-state index is 0.117. The molecule has 1 N–H and O–H groups in total. The van der Waals surface area contributed by atoms with E-state index in [0.717, 1.165) is 5.69 Å². The number of hydrogen-bond acceptors (Lipinski definition) is 3. The second-order valence-electron chi connectivity index (χ2n) is 2.60. The highest BCUT2D eigenvalue weighted by molar-refractivity contribution is 5.87. The van der Waals surface area contributed by atoms with E-state index in [9.17, 15) is 4.79 Å². The molecule has 1 aromatic heterocycles. The lowest BCUT2D eigenvalue weighted by Crippen LogP contribution is -2.20. The predicted octanol–water partition coefficient (Wildman–Crippen LogP) is 0.00740. The lowest BCUT2D eigenvalue weighted by molar-refractivity contribution is -0.116. The van der Waals surface area contributed by atoms with Crippen molar-refractivity contribution < 1.29 is 4.79 Å². The summed E-state index contributed by atoms with van der Waals surface area (Å²) in [6.07, 6.45) is 4.91. The third kappa shape index (κ3) is 3.06. The maximum absolute atomic E-state index is 11.0. The van der Waals surface area contributed by atoms with Crippen LogP contribution in [0.5, 0.6) is 0 Å². The summed E-state index contributed by atoms with van der Waals surface area (Å²) in [5, 5.41) is 10.2. The number of amides is 1. The van der Waals surface area contributed by atoms with Crippen molar-refractivity contribution in [2.24, 2.45) is 7.05 Å². The SMILES string of the molecule is C/C=C/C(=O)NCc1cn(C)nn1. The van der Waals surface area contributed by atoms with Crippen LogP contribution in [0.4, 0.5) is 0 Å². The molecule has 0 bridgehead atoms. The minimum Gasteiger partial charge on any atom is -0.347 e. The van der Waals surface area contributed by atoms with Crippen molar-refractivity contribution >= 4 is 5.91 Å². The number of nitrogens with zero attached hydrogens (tertiary/aromatic N) is 3. The maximum Gasteiger partial charge on any atom is 0.243 e. The van der Waals surface area contributed by atoms with Crippen molar-refractivity contribution in [3.8, 4) is 0 Å². The molecule has 5 heteroatoms. The monoisotopic (exact) mass is 180 g/mol. The van der Waals surface area contributed by atoms with Gasteiger partial charge in [-0.1, -0.05) is 11.3 Å². The van der Waals surface area contributed by atoms with E-state index in [1.54, 1.807) is 30.9 Å². The molecule has 0 saturated carbocycles. The van der Waals surface area contributed by atoms with Gasteiger partial charge >= 0.3 is 0 Å². The molecule has 0 aliphatic carbocycles. The van der Waals surface area contributed by atoms with Crippen LogP contribution in [0.2, 0.25) is 0 Å². The van der Waals surface area contributed by atoms with Crippen molar-refractivity contribution in [2.45, 2.75) is 13.5 Å². The zero-order valence-corrected chi connectivity index (χ0v) is 7.69. The topological polar surface area (TPSA) is 59.8 Å². The Bertz CT molecular complexity index is 316. The fourth-order valence-corrected chi connectivity index (χ4v) is 0.864. The van der Waals surface area contributed by atoms with E-state index in [-0.39, 0.29) is 5.91 Å². The number of carbonyl (C=O) groups excluding carboxylic acids is 1. The Morgan fingerprint density at radius 1 is 1.77 bits per heavy atom. The molecule has 0 spiro atoms. The van der Waals surface area contributed by atoms with Gasteiger partial charge in [0, 0.05) is 13.2 Å². The van der Waals surface area contributed by atoms with Crippen molar-refractivity contribution in [1.29, 1.82) is 0 Å². The molecule has 1 aromatic rings. The third-order valence-corrected chi connectivity index (χ3v) is 1.41. The first-order valence-corrected chi connectivity index (χ1v) is 3.98. The van der Waals surface area contributed by atoms with Crippen LogP contribution in [0, 0.1) is 0 Å². The first-order valence-electron chi connectivity index (χ1n) is 3.98. The number of hydrogen-bond donors (Lipinski definition) is 1. The van der Waals surface area contributed by atoms with E-state index >= 15 is 0 Å². The molecule has 1 rings (SSSR count). The summed E-state index contributed by atoms with van der Waals surface area (Å²) in [5.41, 5.74) is 0.750. The van der Waals surface area contributed by atoms with Gasteiger partial charge in [0.05, 0.1) is 6.54 Å². The van der Waals surface area contributed by atoms with Gasteiger partial charge in [-0.3, -0.25) is 9.48 Å². The van der Waals surface area contributed by atoms with E-state index < -0.39 is 0 Å². The molecule has 1 heterocycles. The Balaban J connectivity index is 2.39. The van der Waals surface area contributed by atoms with Gasteiger partial charge in [0.2, 0.25) is 5.91 Å². The van der Waals surface area contributed by atoms with E-state index in [2.05, 4.69) is 15.6 Å². The van der Waals surface area contributed by atoms with Gasteiger partial charge in [0.15, 0.2) is 0 Å². The quantitative estimate of drug-likeness (QED) is 0.666. The van der Waals surface area contributed by atoms with Crippen molar-refractivity contribution in [2.75, 3.05) is 0 Å². The second kappa shape index (κ2) is 4.39. The zero-order chi connectivity index (χ0) is 9.68. The van der Waals surface area contributed by atoms with Gasteiger partial charge in [0.1, 0.15) is 5.69 Å². The molecule has 0 atom stereocenters. The highest BCUT2D eigenvalue weighted by Gasteiger charge is 1.99. The van der Waals surface area contributed by atoms with Gasteiger partial charge in [-0.15, -0.1) is 5.10 Å². The molecule has 13 heavy (non-hydrogen) atoms. The number of aromatic nitrogens is 3. The van der Waals surface area contributed by atoms with Crippen molar-refractivity contribution in [1.82, 2.24) is 20.3 Å². The van der Waals surface area contributed by atoms with Gasteiger partial charge in [-0.05, 0) is 13.0 Å². The second-order valence-corrected chi connectivity index (χ2v) is 2.60. The fraction of sp³-hybridized carbons (Fsp3) is 0.375. The van der Waals surface area contributed by atoms with E-state index in [4.69, 9.17) is 0 Å². The summed E-state index contributed by atoms with van der Waals surface area (Å²) < 4.78 is 1.59. The third-order valence-electron chi connectivity index (χ3n) is 1.41. The van der Waals surface area contributed by atoms with E-state index in [0.29, 0.717) is 6.54 Å². The van der Waals surface area contributed by atoms with Crippen LogP contribution in [0.3, 0.4) is 0 Å². The average molecular weight is 180 g/mol. The zero-order valence-electron chi connectivity index (χ0n) is 7.69. The Hall–Kier alpha value is -1.65. The number of nitrogens with one attached hydrogen (secondary N) is 1. The average Bonchev–Trinajstić information content (AvgIpc) is 2.49. The van der Waals surface area contributed by atoms with Crippen molar-refractivity contribution in [3.05, 3.63) is 24.0 Å². The number of aryl methyl sites for hydroxylation is 1. The molecule has 0 fully saturated rings. The van der Waals surface area contributed by atoms with E-state index in [1.807, 2.05) is 0 Å². The summed E-state index contributed by atoms with van der Waals surface area (Å²) in [6, 6.07) is 0. The van der Waals surface area contributed by atoms with Crippen LogP contribution in [-0.4, -0.2) is 20.9 Å². The molecule has 70 valence electrons. The van der Waals surface area contributed by atoms with Gasteiger partial charge in [0.25, 0.3) is 0 Å².